The van der Waals surface area contributed by atoms with E-state index >= 15 is 0 Å². The molecule has 0 aliphatic heterocycles. The van der Waals surface area contributed by atoms with E-state index in [2.05, 4.69) is 15.9 Å². The fourth-order valence-corrected chi connectivity index (χ4v) is 3.03. The van der Waals surface area contributed by atoms with Crippen LogP contribution in [0.4, 0.5) is 5.69 Å². The molecule has 2 rings (SSSR count). The standard InChI is InChI=1S/C14H13BrN2OS/c15-11-5-6-12(16)13(7-11)19-8-9-1-3-10(4-2-9)14(17)18/h1-7H,8,16H2,(H2,17,18). The molecule has 0 aliphatic carbocycles. The van der Waals surface area contributed by atoms with Gasteiger partial charge >= 0.3 is 0 Å². The van der Waals surface area contributed by atoms with Gasteiger partial charge in [0, 0.05) is 26.4 Å². The first-order valence-electron chi connectivity index (χ1n) is 5.63. The van der Waals surface area contributed by atoms with E-state index in [-0.39, 0.29) is 0 Å². The van der Waals surface area contributed by atoms with E-state index in [1.165, 1.54) is 0 Å². The number of hydrogen-bond acceptors (Lipinski definition) is 3. The van der Waals surface area contributed by atoms with E-state index in [9.17, 15) is 4.79 Å². The first-order chi connectivity index (χ1) is 9.06. The van der Waals surface area contributed by atoms with Crippen molar-refractivity contribution in [3.05, 3.63) is 58.1 Å². The van der Waals surface area contributed by atoms with Gasteiger partial charge in [-0.1, -0.05) is 28.1 Å². The Morgan fingerprint density at radius 1 is 1.16 bits per heavy atom. The van der Waals surface area contributed by atoms with Crippen LogP contribution in [0.3, 0.4) is 0 Å². The monoisotopic (exact) mass is 336 g/mol. The molecule has 0 atom stereocenters. The number of nitrogen functional groups attached to an aromatic ring is 1. The lowest BCUT2D eigenvalue weighted by molar-refractivity contribution is 0.100. The Morgan fingerprint density at radius 3 is 2.47 bits per heavy atom. The number of hydrogen-bond donors (Lipinski definition) is 2. The third kappa shape index (κ3) is 3.75. The highest BCUT2D eigenvalue weighted by Gasteiger charge is 2.03. The molecule has 0 aliphatic rings. The van der Waals surface area contributed by atoms with Gasteiger partial charge in [-0.3, -0.25) is 4.79 Å². The highest BCUT2D eigenvalue weighted by Crippen LogP contribution is 2.30. The van der Waals surface area contributed by atoms with Crippen molar-refractivity contribution in [2.24, 2.45) is 5.73 Å². The van der Waals surface area contributed by atoms with Gasteiger partial charge in [0.2, 0.25) is 5.91 Å². The molecule has 0 heterocycles. The molecule has 4 N–H and O–H groups in total. The van der Waals surface area contributed by atoms with Crippen LogP contribution in [0.25, 0.3) is 0 Å². The minimum Gasteiger partial charge on any atom is -0.398 e. The van der Waals surface area contributed by atoms with Crippen molar-refractivity contribution in [3.63, 3.8) is 0 Å². The maximum Gasteiger partial charge on any atom is 0.248 e. The van der Waals surface area contributed by atoms with Crippen molar-refractivity contribution in [1.29, 1.82) is 0 Å². The van der Waals surface area contributed by atoms with E-state index in [0.717, 1.165) is 26.4 Å². The number of primary amides is 1. The van der Waals surface area contributed by atoms with Crippen LogP contribution in [0.5, 0.6) is 0 Å². The Bertz CT molecular complexity index is 599. The molecule has 2 aromatic carbocycles. The third-order valence-corrected chi connectivity index (χ3v) is 4.24. The second kappa shape index (κ2) is 6.12. The smallest absolute Gasteiger partial charge is 0.248 e. The van der Waals surface area contributed by atoms with Crippen LogP contribution in [0.2, 0.25) is 0 Å². The molecule has 0 spiro atoms. The summed E-state index contributed by atoms with van der Waals surface area (Å²) < 4.78 is 1.01. The van der Waals surface area contributed by atoms with Gasteiger partial charge in [-0.15, -0.1) is 11.8 Å². The molecule has 2 aromatic rings. The summed E-state index contributed by atoms with van der Waals surface area (Å²) in [6, 6.07) is 13.1. The zero-order valence-electron chi connectivity index (χ0n) is 10.1. The normalized spacial score (nSPS) is 10.4. The number of benzene rings is 2. The Kier molecular flexibility index (Phi) is 4.50. The van der Waals surface area contributed by atoms with Gasteiger partial charge in [-0.05, 0) is 35.9 Å². The number of carbonyl (C=O) groups is 1. The quantitative estimate of drug-likeness (QED) is 0.663. The van der Waals surface area contributed by atoms with Gasteiger partial charge in [-0.25, -0.2) is 0 Å². The minimum absolute atomic E-state index is 0.407. The predicted octanol–water partition coefficient (Wildman–Crippen LogP) is 3.42. The summed E-state index contributed by atoms with van der Waals surface area (Å²) in [6.45, 7) is 0. The Morgan fingerprint density at radius 2 is 1.84 bits per heavy atom. The summed E-state index contributed by atoms with van der Waals surface area (Å²) in [6.07, 6.45) is 0. The van der Waals surface area contributed by atoms with Crippen LogP contribution in [0, 0.1) is 0 Å². The number of anilines is 1. The third-order valence-electron chi connectivity index (χ3n) is 2.61. The number of halogens is 1. The highest BCUT2D eigenvalue weighted by molar-refractivity contribution is 9.10. The molecule has 19 heavy (non-hydrogen) atoms. The van der Waals surface area contributed by atoms with Gasteiger partial charge < -0.3 is 11.5 Å². The van der Waals surface area contributed by atoms with Gasteiger partial charge in [-0.2, -0.15) is 0 Å². The lowest BCUT2D eigenvalue weighted by Gasteiger charge is -2.06. The average molecular weight is 337 g/mol. The number of nitrogens with two attached hydrogens (primary N) is 2. The van der Waals surface area contributed by atoms with E-state index in [4.69, 9.17) is 11.5 Å². The summed E-state index contributed by atoms with van der Waals surface area (Å²) in [7, 11) is 0. The molecule has 5 heteroatoms. The van der Waals surface area contributed by atoms with E-state index in [1.54, 1.807) is 23.9 Å². The minimum atomic E-state index is -0.407. The summed E-state index contributed by atoms with van der Waals surface area (Å²) in [5.74, 6) is 0.384. The largest absolute Gasteiger partial charge is 0.398 e. The lowest BCUT2D eigenvalue weighted by Crippen LogP contribution is -2.10. The highest BCUT2D eigenvalue weighted by atomic mass is 79.9. The fourth-order valence-electron chi connectivity index (χ4n) is 1.56. The predicted molar refractivity (Wildman–Crippen MR) is 83.1 cm³/mol. The van der Waals surface area contributed by atoms with Crippen LogP contribution in [-0.4, -0.2) is 5.91 Å². The molecular weight excluding hydrogens is 324 g/mol. The number of amides is 1. The molecule has 0 saturated heterocycles. The summed E-state index contributed by atoms with van der Waals surface area (Å²) in [5, 5.41) is 0. The maximum absolute atomic E-state index is 11.0. The van der Waals surface area contributed by atoms with Crippen molar-refractivity contribution in [2.45, 2.75) is 10.6 Å². The average Bonchev–Trinajstić information content (AvgIpc) is 2.40. The molecule has 1 amide bonds. The topological polar surface area (TPSA) is 69.1 Å². The Labute approximate surface area is 124 Å². The lowest BCUT2D eigenvalue weighted by atomic mass is 10.1. The van der Waals surface area contributed by atoms with E-state index < -0.39 is 5.91 Å². The summed E-state index contributed by atoms with van der Waals surface area (Å²) >= 11 is 5.09. The summed E-state index contributed by atoms with van der Waals surface area (Å²) in [5.41, 5.74) is 13.5. The Hall–Kier alpha value is -1.46. The molecule has 3 nitrogen and oxygen atoms in total. The molecule has 0 aromatic heterocycles. The van der Waals surface area contributed by atoms with Gasteiger partial charge in [0.05, 0.1) is 0 Å². The van der Waals surface area contributed by atoms with E-state index in [1.807, 2.05) is 30.3 Å². The van der Waals surface area contributed by atoms with E-state index in [0.29, 0.717) is 5.56 Å². The second-order valence-corrected chi connectivity index (χ2v) is 5.96. The molecule has 98 valence electrons. The SMILES string of the molecule is NC(=O)c1ccc(CSc2cc(Br)ccc2N)cc1. The van der Waals surface area contributed by atoms with Crippen LogP contribution in [-0.2, 0) is 5.75 Å². The maximum atomic E-state index is 11.0. The van der Waals surface area contributed by atoms with Crippen molar-refractivity contribution >= 4 is 39.3 Å². The van der Waals surface area contributed by atoms with Crippen molar-refractivity contribution in [3.8, 4) is 0 Å². The molecule has 0 radical (unpaired) electrons. The van der Waals surface area contributed by atoms with Crippen molar-refractivity contribution < 1.29 is 4.79 Å². The fraction of sp³-hybridized carbons (Fsp3) is 0.0714. The zero-order chi connectivity index (χ0) is 13.8. The second-order valence-electron chi connectivity index (χ2n) is 4.03. The first kappa shape index (κ1) is 14.0. The van der Waals surface area contributed by atoms with Crippen LogP contribution in [0.15, 0.2) is 51.8 Å². The van der Waals surface area contributed by atoms with Crippen LogP contribution in [0.1, 0.15) is 15.9 Å². The zero-order valence-corrected chi connectivity index (χ0v) is 12.5. The first-order valence-corrected chi connectivity index (χ1v) is 7.40. The van der Waals surface area contributed by atoms with Gasteiger partial charge in [0.25, 0.3) is 0 Å². The van der Waals surface area contributed by atoms with Crippen LogP contribution < -0.4 is 11.5 Å². The van der Waals surface area contributed by atoms with Crippen LogP contribution >= 0.6 is 27.7 Å². The van der Waals surface area contributed by atoms with Crippen molar-refractivity contribution in [2.75, 3.05) is 5.73 Å². The van der Waals surface area contributed by atoms with Gasteiger partial charge in [0.15, 0.2) is 0 Å². The molecule has 0 saturated carbocycles. The molecular formula is C14H13BrN2OS. The van der Waals surface area contributed by atoms with Gasteiger partial charge in [0.1, 0.15) is 0 Å². The van der Waals surface area contributed by atoms with Crippen molar-refractivity contribution in [1.82, 2.24) is 0 Å². The molecule has 0 bridgehead atoms. The Balaban J connectivity index is 2.06. The summed E-state index contributed by atoms with van der Waals surface area (Å²) in [4.78, 5) is 12.0. The number of rotatable bonds is 4. The molecule has 0 unspecified atom stereocenters. The number of thioether (sulfide) groups is 1. The number of carbonyl (C=O) groups excluding carboxylic acids is 1. The molecule has 0 fully saturated rings.